The summed E-state index contributed by atoms with van der Waals surface area (Å²) in [5, 5.41) is 0. The van der Waals surface area contributed by atoms with E-state index in [1.54, 1.807) is 18.2 Å². The lowest BCUT2D eigenvalue weighted by molar-refractivity contribution is -0.145. The van der Waals surface area contributed by atoms with E-state index in [0.717, 1.165) is 0 Å². The van der Waals surface area contributed by atoms with Gasteiger partial charge in [0.2, 0.25) is 0 Å². The number of fused-ring (bicyclic) bond motifs is 1. The third-order valence-electron chi connectivity index (χ3n) is 3.57. The van der Waals surface area contributed by atoms with Gasteiger partial charge in [0.05, 0.1) is 7.11 Å². The van der Waals surface area contributed by atoms with Crippen molar-refractivity contribution in [1.82, 2.24) is 0 Å². The van der Waals surface area contributed by atoms with E-state index in [1.807, 2.05) is 0 Å². The molecular weight excluding hydrogens is 248 g/mol. The fraction of sp³-hybridized carbons (Fsp3) is 0.429. The van der Waals surface area contributed by atoms with E-state index in [2.05, 4.69) is 0 Å². The van der Waals surface area contributed by atoms with Crippen molar-refractivity contribution in [1.29, 1.82) is 0 Å². The van der Waals surface area contributed by atoms with E-state index < -0.39 is 11.4 Å². The average molecular weight is 262 g/mol. The molecule has 0 radical (unpaired) electrons. The predicted octanol–water partition coefficient (Wildman–Crippen LogP) is 1.59. The third-order valence-corrected chi connectivity index (χ3v) is 3.57. The number of esters is 1. The van der Waals surface area contributed by atoms with E-state index in [1.165, 1.54) is 7.11 Å². The van der Waals surface area contributed by atoms with Crippen molar-refractivity contribution in [3.8, 4) is 11.5 Å². The van der Waals surface area contributed by atoms with Crippen molar-refractivity contribution in [2.75, 3.05) is 20.3 Å². The van der Waals surface area contributed by atoms with Gasteiger partial charge in [-0.1, -0.05) is 0 Å². The molecule has 1 heterocycles. The summed E-state index contributed by atoms with van der Waals surface area (Å²) in [6.07, 6.45) is 1.10. The maximum absolute atomic E-state index is 12.4. The van der Waals surface area contributed by atoms with Gasteiger partial charge in [-0.3, -0.25) is 9.59 Å². The highest BCUT2D eigenvalue weighted by Gasteiger charge is 2.57. The van der Waals surface area contributed by atoms with Gasteiger partial charge in [-0.2, -0.15) is 0 Å². The lowest BCUT2D eigenvalue weighted by atomic mass is 9.94. The molecule has 0 atom stereocenters. The molecule has 0 amide bonds. The Morgan fingerprint density at radius 1 is 1.16 bits per heavy atom. The van der Waals surface area contributed by atoms with Crippen molar-refractivity contribution >= 4 is 11.8 Å². The predicted molar refractivity (Wildman–Crippen MR) is 65.4 cm³/mol. The van der Waals surface area contributed by atoms with Crippen LogP contribution in [0, 0.1) is 5.41 Å². The molecule has 3 rings (SSSR count). The number of methoxy groups -OCH3 is 1. The SMILES string of the molecule is COC(=O)C1(C(=O)c2ccc3c(c2)OCCO3)CC1. The summed E-state index contributed by atoms with van der Waals surface area (Å²) in [6.45, 7) is 0.971. The normalized spacial score (nSPS) is 18.6. The first-order valence-electron chi connectivity index (χ1n) is 6.20. The second kappa shape index (κ2) is 4.26. The standard InChI is InChI=1S/C14H14O5/c1-17-13(16)14(4-5-14)12(15)9-2-3-10-11(8-9)19-7-6-18-10/h2-3,8H,4-7H2,1H3. The molecule has 5 heteroatoms. The topological polar surface area (TPSA) is 61.8 Å². The zero-order valence-corrected chi connectivity index (χ0v) is 10.6. The summed E-state index contributed by atoms with van der Waals surface area (Å²) < 4.78 is 15.6. The largest absolute Gasteiger partial charge is 0.486 e. The zero-order chi connectivity index (χ0) is 13.5. The van der Waals surface area contributed by atoms with Gasteiger partial charge in [0.1, 0.15) is 18.6 Å². The second-order valence-corrected chi connectivity index (χ2v) is 4.76. The fourth-order valence-corrected chi connectivity index (χ4v) is 2.31. The number of hydrogen-bond donors (Lipinski definition) is 0. The van der Waals surface area contributed by atoms with Gasteiger partial charge in [0.25, 0.3) is 0 Å². The zero-order valence-electron chi connectivity index (χ0n) is 10.6. The van der Waals surface area contributed by atoms with Crippen molar-refractivity contribution in [3.63, 3.8) is 0 Å². The molecule has 0 unspecified atom stereocenters. The van der Waals surface area contributed by atoms with Crippen LogP contribution in [-0.4, -0.2) is 32.1 Å². The van der Waals surface area contributed by atoms with Crippen LogP contribution < -0.4 is 9.47 Å². The summed E-state index contributed by atoms with van der Waals surface area (Å²) in [6, 6.07) is 5.01. The van der Waals surface area contributed by atoms with Gasteiger partial charge in [-0.25, -0.2) is 0 Å². The van der Waals surface area contributed by atoms with Gasteiger partial charge in [-0.05, 0) is 31.0 Å². The maximum Gasteiger partial charge on any atom is 0.319 e. The molecule has 0 saturated heterocycles. The molecule has 0 N–H and O–H groups in total. The highest BCUT2D eigenvalue weighted by atomic mass is 16.6. The number of benzene rings is 1. The Hall–Kier alpha value is -2.04. The summed E-state index contributed by atoms with van der Waals surface area (Å²) in [5.74, 6) is 0.534. The van der Waals surface area contributed by atoms with Crippen LogP contribution >= 0.6 is 0 Å². The number of ether oxygens (including phenoxy) is 3. The molecular formula is C14H14O5. The van der Waals surface area contributed by atoms with E-state index >= 15 is 0 Å². The lowest BCUT2D eigenvalue weighted by Crippen LogP contribution is -2.27. The number of carbonyl (C=O) groups excluding carboxylic acids is 2. The number of ketones is 1. The number of carbonyl (C=O) groups is 2. The lowest BCUT2D eigenvalue weighted by Gasteiger charge is -2.19. The highest BCUT2D eigenvalue weighted by molar-refractivity contribution is 6.15. The average Bonchev–Trinajstić information content (AvgIpc) is 3.26. The minimum Gasteiger partial charge on any atom is -0.486 e. The molecule has 100 valence electrons. The van der Waals surface area contributed by atoms with Crippen molar-refractivity contribution in [2.45, 2.75) is 12.8 Å². The Morgan fingerprint density at radius 3 is 2.47 bits per heavy atom. The summed E-state index contributed by atoms with van der Waals surface area (Å²) in [5.41, 5.74) is -0.509. The second-order valence-electron chi connectivity index (χ2n) is 4.76. The Balaban J connectivity index is 1.90. The van der Waals surface area contributed by atoms with Crippen molar-refractivity contribution in [3.05, 3.63) is 23.8 Å². The van der Waals surface area contributed by atoms with Gasteiger partial charge in [-0.15, -0.1) is 0 Å². The van der Waals surface area contributed by atoms with Gasteiger partial charge >= 0.3 is 5.97 Å². The molecule has 0 spiro atoms. The molecule has 1 aromatic carbocycles. The first kappa shape index (κ1) is 12.0. The number of Topliss-reactive ketones (excluding diaryl/α,β-unsaturated/α-hetero) is 1. The van der Waals surface area contributed by atoms with Crippen LogP contribution in [-0.2, 0) is 9.53 Å². The van der Waals surface area contributed by atoms with Crippen molar-refractivity contribution < 1.29 is 23.8 Å². The van der Waals surface area contributed by atoms with Gasteiger partial charge in [0.15, 0.2) is 17.3 Å². The Morgan fingerprint density at radius 2 is 1.84 bits per heavy atom. The summed E-state index contributed by atoms with van der Waals surface area (Å²) in [4.78, 5) is 24.1. The van der Waals surface area contributed by atoms with Crippen LogP contribution in [0.2, 0.25) is 0 Å². The van der Waals surface area contributed by atoms with Crippen LogP contribution in [0.1, 0.15) is 23.2 Å². The molecule has 2 aliphatic rings. The Labute approximate surface area is 110 Å². The summed E-state index contributed by atoms with van der Waals surface area (Å²) in [7, 11) is 1.31. The number of rotatable bonds is 3. The molecule has 1 saturated carbocycles. The smallest absolute Gasteiger partial charge is 0.319 e. The fourth-order valence-electron chi connectivity index (χ4n) is 2.31. The molecule has 1 fully saturated rings. The molecule has 0 aromatic heterocycles. The first-order valence-corrected chi connectivity index (χ1v) is 6.20. The molecule has 5 nitrogen and oxygen atoms in total. The van der Waals surface area contributed by atoms with Crippen LogP contribution in [0.4, 0.5) is 0 Å². The van der Waals surface area contributed by atoms with E-state index in [0.29, 0.717) is 43.1 Å². The Bertz CT molecular complexity index is 545. The summed E-state index contributed by atoms with van der Waals surface area (Å²) >= 11 is 0. The van der Waals surface area contributed by atoms with Crippen molar-refractivity contribution in [2.24, 2.45) is 5.41 Å². The highest BCUT2D eigenvalue weighted by Crippen LogP contribution is 2.49. The van der Waals surface area contributed by atoms with Crippen LogP contribution in [0.15, 0.2) is 18.2 Å². The third kappa shape index (κ3) is 1.85. The molecule has 1 aliphatic carbocycles. The molecule has 1 aromatic rings. The Kier molecular flexibility index (Phi) is 2.69. The minimum atomic E-state index is -0.974. The monoisotopic (exact) mass is 262 g/mol. The van der Waals surface area contributed by atoms with Crippen LogP contribution in [0.5, 0.6) is 11.5 Å². The van der Waals surface area contributed by atoms with Crippen LogP contribution in [0.3, 0.4) is 0 Å². The van der Waals surface area contributed by atoms with Gasteiger partial charge < -0.3 is 14.2 Å². The molecule has 19 heavy (non-hydrogen) atoms. The quantitative estimate of drug-likeness (QED) is 0.470. The first-order chi connectivity index (χ1) is 9.17. The number of hydrogen-bond acceptors (Lipinski definition) is 5. The molecule has 0 bridgehead atoms. The maximum atomic E-state index is 12.4. The van der Waals surface area contributed by atoms with Crippen LogP contribution in [0.25, 0.3) is 0 Å². The minimum absolute atomic E-state index is 0.198. The van der Waals surface area contributed by atoms with Gasteiger partial charge in [0, 0.05) is 5.56 Å². The van der Waals surface area contributed by atoms with E-state index in [-0.39, 0.29) is 5.78 Å². The van der Waals surface area contributed by atoms with E-state index in [9.17, 15) is 9.59 Å². The molecule has 1 aliphatic heterocycles. The van der Waals surface area contributed by atoms with E-state index in [4.69, 9.17) is 14.2 Å².